The van der Waals surface area contributed by atoms with Gasteiger partial charge in [-0.1, -0.05) is 61.7 Å². The molecule has 0 aliphatic heterocycles. The Labute approximate surface area is 190 Å². The van der Waals surface area contributed by atoms with Crippen molar-refractivity contribution in [3.05, 3.63) is 73.3 Å². The van der Waals surface area contributed by atoms with E-state index in [1.807, 2.05) is 0 Å². The van der Waals surface area contributed by atoms with Crippen molar-refractivity contribution < 1.29 is 31.8 Å². The minimum atomic E-state index is -4.07. The summed E-state index contributed by atoms with van der Waals surface area (Å²) in [4.78, 5) is 9.00. The highest BCUT2D eigenvalue weighted by Crippen LogP contribution is 2.29. The van der Waals surface area contributed by atoms with Crippen LogP contribution in [0.15, 0.2) is 83.1 Å². The number of rotatable bonds is 11. The van der Waals surface area contributed by atoms with Crippen molar-refractivity contribution >= 4 is 25.6 Å². The van der Waals surface area contributed by atoms with Crippen molar-refractivity contribution in [1.82, 2.24) is 0 Å². The van der Waals surface area contributed by atoms with Gasteiger partial charge in [0.05, 0.1) is 15.9 Å². The number of aliphatic hydroxyl groups excluding tert-OH is 1. The summed E-state index contributed by atoms with van der Waals surface area (Å²) in [6.07, 6.45) is 3.07. The normalized spacial score (nSPS) is 12.5. The van der Waals surface area contributed by atoms with Crippen LogP contribution in [0.4, 0.5) is 0 Å². The summed E-state index contributed by atoms with van der Waals surface area (Å²) in [7, 11) is -8.14. The number of hydrogen-bond donors (Lipinski definition) is 2. The van der Waals surface area contributed by atoms with Gasteiger partial charge in [0.15, 0.2) is 24.3 Å². The van der Waals surface area contributed by atoms with Crippen molar-refractivity contribution in [2.45, 2.75) is 59.5 Å². The van der Waals surface area contributed by atoms with E-state index in [9.17, 15) is 21.9 Å². The second-order valence-corrected chi connectivity index (χ2v) is 11.7. The van der Waals surface area contributed by atoms with Gasteiger partial charge in [0, 0.05) is 6.92 Å². The molecule has 0 heterocycles. The summed E-state index contributed by atoms with van der Waals surface area (Å²) in [5.74, 6) is -0.833. The van der Waals surface area contributed by atoms with E-state index in [0.717, 1.165) is 6.92 Å². The molecule has 0 saturated carbocycles. The molecule has 0 spiro atoms. The van der Waals surface area contributed by atoms with Gasteiger partial charge in [0.25, 0.3) is 5.97 Å². The fraction of sp³-hybridized carbons (Fsp3) is 0.348. The van der Waals surface area contributed by atoms with Gasteiger partial charge >= 0.3 is 0 Å². The third-order valence-corrected chi connectivity index (χ3v) is 9.78. The van der Waals surface area contributed by atoms with Crippen molar-refractivity contribution in [2.24, 2.45) is 0 Å². The largest absolute Gasteiger partial charge is 0.481 e. The fourth-order valence-electron chi connectivity index (χ4n) is 2.96. The molecule has 176 valence electrons. The molecule has 0 amide bonds. The molecule has 1 atom stereocenters. The van der Waals surface area contributed by atoms with E-state index in [-0.39, 0.29) is 16.2 Å². The van der Waals surface area contributed by atoms with Crippen molar-refractivity contribution in [1.29, 1.82) is 0 Å². The number of sulfone groups is 2. The molecule has 0 bridgehead atoms. The molecule has 2 rings (SSSR count). The van der Waals surface area contributed by atoms with Crippen molar-refractivity contribution in [3.63, 3.8) is 0 Å². The SMILES string of the molecule is C=CC(O)CCCCCC(S(=O)(=O)c1ccccc1)S(=O)(=O)c1ccccc1.CC(=O)O. The second-order valence-electron chi connectivity index (χ2n) is 7.11. The minimum absolute atomic E-state index is 0.00135. The van der Waals surface area contributed by atoms with Gasteiger partial charge < -0.3 is 10.2 Å². The maximum atomic E-state index is 13.1. The third kappa shape index (κ3) is 8.57. The number of carbonyl (C=O) groups is 1. The lowest BCUT2D eigenvalue weighted by Crippen LogP contribution is -2.31. The van der Waals surface area contributed by atoms with E-state index in [1.165, 1.54) is 30.3 Å². The molecule has 2 aromatic carbocycles. The molecule has 32 heavy (non-hydrogen) atoms. The van der Waals surface area contributed by atoms with E-state index in [0.29, 0.717) is 25.7 Å². The summed E-state index contributed by atoms with van der Waals surface area (Å²) in [6.45, 7) is 4.59. The lowest BCUT2D eigenvalue weighted by atomic mass is 10.1. The van der Waals surface area contributed by atoms with Crippen molar-refractivity contribution in [2.75, 3.05) is 0 Å². The van der Waals surface area contributed by atoms with Crippen LogP contribution in [0.2, 0.25) is 0 Å². The Morgan fingerprint density at radius 2 is 1.22 bits per heavy atom. The van der Waals surface area contributed by atoms with Crippen LogP contribution in [0, 0.1) is 0 Å². The zero-order valence-corrected chi connectivity index (χ0v) is 19.6. The number of hydrogen-bond acceptors (Lipinski definition) is 6. The Morgan fingerprint density at radius 1 is 0.844 bits per heavy atom. The molecule has 0 aliphatic rings. The van der Waals surface area contributed by atoms with Crippen LogP contribution in [0.25, 0.3) is 0 Å². The van der Waals surface area contributed by atoms with Crippen LogP contribution < -0.4 is 0 Å². The Kier molecular flexibility index (Phi) is 11.3. The predicted octanol–water partition coefficient (Wildman–Crippen LogP) is 3.85. The van der Waals surface area contributed by atoms with Crippen LogP contribution in [0.5, 0.6) is 0 Å². The summed E-state index contributed by atoms with van der Waals surface area (Å²) in [5, 5.41) is 16.9. The maximum Gasteiger partial charge on any atom is 0.300 e. The summed E-state index contributed by atoms with van der Waals surface area (Å²) < 4.78 is 51.0. The number of carboxylic acid groups (broad SMARTS) is 1. The van der Waals surface area contributed by atoms with Crippen molar-refractivity contribution in [3.8, 4) is 0 Å². The summed E-state index contributed by atoms with van der Waals surface area (Å²) >= 11 is 0. The topological polar surface area (TPSA) is 126 Å². The first kappa shape index (κ1) is 27.5. The number of aliphatic hydroxyl groups is 1. The molecule has 2 N–H and O–H groups in total. The molecule has 1 unspecified atom stereocenters. The van der Waals surface area contributed by atoms with Crippen LogP contribution >= 0.6 is 0 Å². The molecule has 2 aromatic rings. The first-order chi connectivity index (χ1) is 15.0. The Bertz CT molecular complexity index is 975. The summed E-state index contributed by atoms with van der Waals surface area (Å²) in [5.41, 5.74) is 0. The van der Waals surface area contributed by atoms with E-state index in [2.05, 4.69) is 6.58 Å². The highest BCUT2D eigenvalue weighted by Gasteiger charge is 2.39. The third-order valence-electron chi connectivity index (χ3n) is 4.55. The molecule has 0 saturated heterocycles. The second kappa shape index (κ2) is 13.1. The fourth-order valence-corrected chi connectivity index (χ4v) is 7.59. The first-order valence-corrected chi connectivity index (χ1v) is 13.2. The van der Waals surface area contributed by atoms with E-state index in [4.69, 9.17) is 9.90 Å². The zero-order valence-electron chi connectivity index (χ0n) is 18.0. The van der Waals surface area contributed by atoms with Gasteiger partial charge in [-0.2, -0.15) is 0 Å². The molecular weight excluding hydrogens is 452 g/mol. The van der Waals surface area contributed by atoms with Gasteiger partial charge in [0.2, 0.25) is 0 Å². The van der Waals surface area contributed by atoms with E-state index >= 15 is 0 Å². The van der Waals surface area contributed by atoms with Crippen LogP contribution in [-0.2, 0) is 24.5 Å². The van der Waals surface area contributed by atoms with Gasteiger partial charge in [-0.25, -0.2) is 16.8 Å². The van der Waals surface area contributed by atoms with Gasteiger partial charge in [0.1, 0.15) is 0 Å². The lowest BCUT2D eigenvalue weighted by molar-refractivity contribution is -0.134. The molecular formula is C23H30O7S2. The number of aliphatic carboxylic acids is 1. The Hall–Kier alpha value is -2.49. The molecule has 0 radical (unpaired) electrons. The van der Waals surface area contributed by atoms with E-state index < -0.39 is 36.3 Å². The maximum absolute atomic E-state index is 13.1. The number of unbranched alkanes of at least 4 members (excludes halogenated alkanes) is 2. The van der Waals surface area contributed by atoms with Crippen LogP contribution in [0.3, 0.4) is 0 Å². The first-order valence-electron chi connectivity index (χ1n) is 10.1. The quantitative estimate of drug-likeness (QED) is 0.368. The molecule has 9 heteroatoms. The van der Waals surface area contributed by atoms with Gasteiger partial charge in [-0.15, -0.1) is 6.58 Å². The van der Waals surface area contributed by atoms with Gasteiger partial charge in [-0.05, 0) is 37.1 Å². The molecule has 0 fully saturated rings. The highest BCUT2D eigenvalue weighted by molar-refractivity contribution is 8.09. The molecule has 0 aromatic heterocycles. The Balaban J connectivity index is 0.00000118. The number of benzene rings is 2. The zero-order chi connectivity index (χ0) is 24.2. The predicted molar refractivity (Wildman–Crippen MR) is 124 cm³/mol. The molecule has 7 nitrogen and oxygen atoms in total. The van der Waals surface area contributed by atoms with Gasteiger partial charge in [-0.3, -0.25) is 4.79 Å². The standard InChI is InChI=1S/C21H26O5S2.C2H4O2/c1-2-18(22)12-6-3-11-17-21(27(23,24)19-13-7-4-8-14-19)28(25,26)20-15-9-5-10-16-20;1-2(3)4/h2,4-5,7-10,13-16,18,21-22H,1,3,6,11-12,17H2;1H3,(H,3,4). The highest BCUT2D eigenvalue weighted by atomic mass is 32.3. The summed E-state index contributed by atoms with van der Waals surface area (Å²) in [6, 6.07) is 15.4. The van der Waals surface area contributed by atoms with Crippen LogP contribution in [-0.4, -0.2) is 43.7 Å². The lowest BCUT2D eigenvalue weighted by Gasteiger charge is -2.19. The smallest absolute Gasteiger partial charge is 0.300 e. The minimum Gasteiger partial charge on any atom is -0.481 e. The monoisotopic (exact) mass is 482 g/mol. The average Bonchev–Trinajstić information content (AvgIpc) is 2.76. The average molecular weight is 483 g/mol. The van der Waals surface area contributed by atoms with E-state index in [1.54, 1.807) is 36.4 Å². The molecule has 0 aliphatic carbocycles. The number of carboxylic acids is 1. The van der Waals surface area contributed by atoms with Crippen LogP contribution in [0.1, 0.15) is 39.0 Å². The Morgan fingerprint density at radius 3 is 1.59 bits per heavy atom.